The minimum Gasteiger partial charge on any atom is -0.459 e. The molecule has 0 aliphatic carbocycles. The van der Waals surface area contributed by atoms with Crippen LogP contribution < -0.4 is 10.6 Å². The summed E-state index contributed by atoms with van der Waals surface area (Å²) in [5.74, 6) is -2.50. The highest BCUT2D eigenvalue weighted by molar-refractivity contribution is 5.90. The highest BCUT2D eigenvalue weighted by atomic mass is 16.7. The Morgan fingerprint density at radius 2 is 0.886 bits per heavy atom. The summed E-state index contributed by atoms with van der Waals surface area (Å²) >= 11 is 0. The number of rotatable bonds is 24. The molecule has 9 atom stereocenters. The van der Waals surface area contributed by atoms with Gasteiger partial charge in [0.2, 0.25) is 0 Å². The second kappa shape index (κ2) is 30.8. The molecule has 2 fully saturated rings. The summed E-state index contributed by atoms with van der Waals surface area (Å²) in [6.07, 6.45) is -4.39. The fraction of sp³-hybridized carbons (Fsp3) is 0.323. The third kappa shape index (κ3) is 18.5. The summed E-state index contributed by atoms with van der Waals surface area (Å²) in [5.41, 5.74) is 4.22. The molecule has 0 aromatic heterocycles. The number of amides is 2. The van der Waals surface area contributed by atoms with Crippen molar-refractivity contribution in [1.29, 1.82) is 0 Å². The van der Waals surface area contributed by atoms with Crippen LogP contribution >= 0.6 is 0 Å². The Bertz CT molecular complexity index is 2830. The number of ketones is 2. The van der Waals surface area contributed by atoms with E-state index in [1.807, 2.05) is 127 Å². The molecule has 0 radical (unpaired) electrons. The molecular weight excluding hydrogens is 1010 g/mol. The van der Waals surface area contributed by atoms with Crippen molar-refractivity contribution < 1.29 is 71.8 Å². The van der Waals surface area contributed by atoms with E-state index in [0.717, 1.165) is 22.3 Å². The molecule has 8 rings (SSSR count). The Kier molecular flexibility index (Phi) is 22.8. The van der Waals surface area contributed by atoms with Gasteiger partial charge in [0.15, 0.2) is 24.1 Å². The van der Waals surface area contributed by atoms with Crippen LogP contribution in [0.25, 0.3) is 0 Å². The smallest absolute Gasteiger partial charge is 0.408 e. The first-order valence-corrected chi connectivity index (χ1v) is 26.0. The molecule has 17 nitrogen and oxygen atoms in total. The van der Waals surface area contributed by atoms with Gasteiger partial charge < -0.3 is 53.6 Å². The van der Waals surface area contributed by atoms with Gasteiger partial charge in [0.1, 0.15) is 38.6 Å². The van der Waals surface area contributed by atoms with E-state index in [-0.39, 0.29) is 63.2 Å². The number of carbonyl (C=O) groups is 6. The Morgan fingerprint density at radius 3 is 1.30 bits per heavy atom. The van der Waals surface area contributed by atoms with Crippen molar-refractivity contribution in [3.63, 3.8) is 0 Å². The molecule has 17 heteroatoms. The molecule has 414 valence electrons. The summed E-state index contributed by atoms with van der Waals surface area (Å²) in [4.78, 5) is 77.3. The number of hydrogen-bond donors (Lipinski definition) is 3. The molecule has 0 spiro atoms. The maximum atomic E-state index is 13.6. The van der Waals surface area contributed by atoms with Crippen molar-refractivity contribution in [2.75, 3.05) is 27.4 Å². The number of hydrogen-bond acceptors (Lipinski definition) is 15. The number of aliphatic hydroxyl groups is 1. The Morgan fingerprint density at radius 1 is 0.494 bits per heavy atom. The van der Waals surface area contributed by atoms with Crippen LogP contribution in [0.2, 0.25) is 0 Å². The van der Waals surface area contributed by atoms with Gasteiger partial charge in [-0.1, -0.05) is 158 Å². The SMILES string of the molecule is CO[C@@H]1O[C@H](COC(=O)c2ccccc2)[C@H](CC(=O)[C@H](Cc2ccccc2)NC(=O)OCc2ccccc2)C1O.CO[C@H]1C[C@@H](CC(=O)[C@H](Cc2ccccc2)NC(=O)OCc2ccccc2)[C@@H](COC(=O)c2ccccc2)O1. The molecule has 2 saturated heterocycles. The van der Waals surface area contributed by atoms with Gasteiger partial charge in [-0.3, -0.25) is 9.59 Å². The molecule has 2 aliphatic heterocycles. The van der Waals surface area contributed by atoms with Crippen LogP contribution in [0.4, 0.5) is 9.59 Å². The number of benzene rings is 6. The van der Waals surface area contributed by atoms with Crippen molar-refractivity contribution in [3.05, 3.63) is 215 Å². The van der Waals surface area contributed by atoms with Gasteiger partial charge in [0.25, 0.3) is 0 Å². The maximum absolute atomic E-state index is 13.6. The number of Topliss-reactive ketones (excluding diaryl/α,β-unsaturated/α-hetero) is 2. The molecule has 2 heterocycles. The van der Waals surface area contributed by atoms with Crippen LogP contribution in [0.3, 0.4) is 0 Å². The van der Waals surface area contributed by atoms with E-state index in [1.54, 1.807) is 54.6 Å². The van der Waals surface area contributed by atoms with Crippen molar-refractivity contribution in [3.8, 4) is 0 Å². The van der Waals surface area contributed by atoms with Crippen LogP contribution in [-0.2, 0) is 73.5 Å². The van der Waals surface area contributed by atoms with Gasteiger partial charge in [0.05, 0.1) is 29.3 Å². The second-order valence-corrected chi connectivity index (χ2v) is 18.9. The fourth-order valence-corrected chi connectivity index (χ4v) is 9.10. The topological polar surface area (TPSA) is 221 Å². The van der Waals surface area contributed by atoms with Gasteiger partial charge in [-0.2, -0.15) is 0 Å². The number of ether oxygens (including phenoxy) is 8. The molecule has 79 heavy (non-hydrogen) atoms. The monoisotopic (exact) mass is 1080 g/mol. The Hall–Kier alpha value is -8.06. The Labute approximate surface area is 459 Å². The number of methoxy groups -OCH3 is 2. The second-order valence-electron chi connectivity index (χ2n) is 18.9. The van der Waals surface area contributed by atoms with Crippen molar-refractivity contribution in [2.24, 2.45) is 11.8 Å². The molecular formula is C62H66N2O15. The maximum Gasteiger partial charge on any atom is 0.408 e. The highest BCUT2D eigenvalue weighted by Gasteiger charge is 2.46. The summed E-state index contributed by atoms with van der Waals surface area (Å²) in [6, 6.07) is 52.7. The third-order valence-corrected chi connectivity index (χ3v) is 13.4. The summed E-state index contributed by atoms with van der Waals surface area (Å²) in [6.45, 7) is -0.0435. The zero-order valence-electron chi connectivity index (χ0n) is 44.0. The van der Waals surface area contributed by atoms with Crippen molar-refractivity contribution in [2.45, 2.75) is 88.3 Å². The lowest BCUT2D eigenvalue weighted by molar-refractivity contribution is -0.153. The van der Waals surface area contributed by atoms with Crippen molar-refractivity contribution in [1.82, 2.24) is 10.6 Å². The number of nitrogens with one attached hydrogen (secondary N) is 2. The van der Waals surface area contributed by atoms with Crippen LogP contribution in [0, 0.1) is 11.8 Å². The zero-order valence-corrected chi connectivity index (χ0v) is 44.0. The minimum absolute atomic E-state index is 0.0125. The first kappa shape index (κ1) is 58.6. The first-order valence-electron chi connectivity index (χ1n) is 26.0. The summed E-state index contributed by atoms with van der Waals surface area (Å²) < 4.78 is 43.9. The van der Waals surface area contributed by atoms with E-state index in [2.05, 4.69) is 10.6 Å². The standard InChI is InChI=1S/C31H33NO8.C31H33NO7/c1-37-30-28(34)24(27(40-30)20-38-29(35)23-15-9-4-10-16-23)18-26(33)25(17-21-11-5-2-6-12-21)32-31(36)39-19-22-13-7-3-8-14-22;1-36-29-19-25(28(39-29)21-37-30(34)24-15-9-4-10-16-24)18-27(33)26(17-22-11-5-2-6-12-22)32-31(35)38-20-23-13-7-3-8-14-23/h2-16,24-25,27-28,30,34H,17-20H2,1H3,(H,32,36);2-16,25-26,28-29H,17-21H2,1H3,(H,32,35)/t24-,25-,27+,28?,30+;25-,26+,28-,29-/m01/s1. The van der Waals surface area contributed by atoms with E-state index in [1.165, 1.54) is 14.2 Å². The van der Waals surface area contributed by atoms with Gasteiger partial charge >= 0.3 is 24.1 Å². The van der Waals surface area contributed by atoms with Gasteiger partial charge in [-0.15, -0.1) is 0 Å². The van der Waals surface area contributed by atoms with E-state index >= 15 is 0 Å². The minimum atomic E-state index is -1.14. The fourth-order valence-electron chi connectivity index (χ4n) is 9.10. The van der Waals surface area contributed by atoms with Crippen LogP contribution in [0.5, 0.6) is 0 Å². The lowest BCUT2D eigenvalue weighted by Gasteiger charge is -2.23. The van der Waals surface area contributed by atoms with Gasteiger partial charge in [0, 0.05) is 45.3 Å². The molecule has 6 aromatic rings. The molecule has 0 saturated carbocycles. The predicted octanol–water partition coefficient (Wildman–Crippen LogP) is 8.41. The number of esters is 2. The highest BCUT2D eigenvalue weighted by Crippen LogP contribution is 2.33. The molecule has 3 N–H and O–H groups in total. The van der Waals surface area contributed by atoms with Crippen LogP contribution in [-0.4, -0.2) is 111 Å². The average molecular weight is 1080 g/mol. The quantitative estimate of drug-likeness (QED) is 0.0383. The van der Waals surface area contributed by atoms with E-state index in [4.69, 9.17) is 37.9 Å². The molecule has 0 bridgehead atoms. The van der Waals surface area contributed by atoms with E-state index in [0.29, 0.717) is 24.0 Å². The summed E-state index contributed by atoms with van der Waals surface area (Å²) in [5, 5.41) is 16.3. The lowest BCUT2D eigenvalue weighted by atomic mass is 9.89. The van der Waals surface area contributed by atoms with E-state index < -0.39 is 73.0 Å². The van der Waals surface area contributed by atoms with Gasteiger partial charge in [-0.05, 0) is 59.4 Å². The average Bonchev–Trinajstić information content (AvgIpc) is 4.05. The third-order valence-electron chi connectivity index (χ3n) is 13.4. The van der Waals surface area contributed by atoms with E-state index in [9.17, 15) is 33.9 Å². The predicted molar refractivity (Wildman–Crippen MR) is 289 cm³/mol. The van der Waals surface area contributed by atoms with Crippen LogP contribution in [0.1, 0.15) is 62.2 Å². The van der Waals surface area contributed by atoms with Crippen LogP contribution in [0.15, 0.2) is 182 Å². The molecule has 2 aliphatic rings. The van der Waals surface area contributed by atoms with Gasteiger partial charge in [-0.25, -0.2) is 19.2 Å². The van der Waals surface area contributed by atoms with Crippen molar-refractivity contribution >= 4 is 35.7 Å². The molecule has 2 amide bonds. The first-order chi connectivity index (χ1) is 38.5. The normalized spacial score (nSPS) is 20.0. The zero-order chi connectivity index (χ0) is 55.8. The number of aliphatic hydroxyl groups excluding tert-OH is 1. The molecule has 1 unspecified atom stereocenters. The largest absolute Gasteiger partial charge is 0.459 e. The number of carbonyl (C=O) groups excluding carboxylic acids is 6. The lowest BCUT2D eigenvalue weighted by Crippen LogP contribution is -2.44. The summed E-state index contributed by atoms with van der Waals surface area (Å²) in [7, 11) is 2.91. The number of alkyl carbamates (subject to hydrolysis) is 2. The molecule has 6 aromatic carbocycles. The Balaban J connectivity index is 0.000000229.